The molecule has 0 bridgehead atoms. The van der Waals surface area contributed by atoms with E-state index in [4.69, 9.17) is 9.47 Å². The van der Waals surface area contributed by atoms with Crippen molar-refractivity contribution in [2.75, 3.05) is 13.7 Å². The zero-order valence-corrected chi connectivity index (χ0v) is 13.1. The smallest absolute Gasteiger partial charge is 0.343 e. The quantitative estimate of drug-likeness (QED) is 0.784. The van der Waals surface area contributed by atoms with E-state index in [1.165, 1.54) is 13.2 Å². The summed E-state index contributed by atoms with van der Waals surface area (Å²) >= 11 is 0. The molecule has 1 aliphatic heterocycles. The Morgan fingerprint density at radius 1 is 1.48 bits per heavy atom. The number of aromatic nitrogens is 1. The third kappa shape index (κ3) is 2.63. The van der Waals surface area contributed by atoms with Crippen LogP contribution in [-0.4, -0.2) is 30.4 Å². The maximum Gasteiger partial charge on any atom is 0.343 e. The second-order valence-electron chi connectivity index (χ2n) is 5.58. The summed E-state index contributed by atoms with van der Waals surface area (Å²) in [7, 11) is 1.25. The summed E-state index contributed by atoms with van der Waals surface area (Å²) in [6.45, 7) is 3.10. The Kier molecular flexibility index (Phi) is 4.17. The Hall–Kier alpha value is -2.21. The molecule has 0 aromatic carbocycles. The Morgan fingerprint density at radius 3 is 2.91 bits per heavy atom. The fraction of sp³-hybridized carbons (Fsp3) is 0.412. The number of carbonyl (C=O) groups is 1. The Balaban J connectivity index is 2.27. The van der Waals surface area contributed by atoms with E-state index in [0.29, 0.717) is 30.0 Å². The Bertz CT molecular complexity index is 776. The minimum absolute atomic E-state index is 0.00414. The predicted molar refractivity (Wildman–Crippen MR) is 83.1 cm³/mol. The largest absolute Gasteiger partial charge is 0.465 e. The molecule has 2 heterocycles. The van der Waals surface area contributed by atoms with Crippen molar-refractivity contribution in [3.05, 3.63) is 51.0 Å². The highest BCUT2D eigenvalue weighted by molar-refractivity contribution is 5.92. The van der Waals surface area contributed by atoms with Gasteiger partial charge >= 0.3 is 5.97 Å². The molecule has 1 aromatic heterocycles. The first-order valence-corrected chi connectivity index (χ1v) is 7.49. The molecule has 122 valence electrons. The monoisotopic (exact) mass is 319 g/mol. The molecule has 0 radical (unpaired) electrons. The summed E-state index contributed by atoms with van der Waals surface area (Å²) in [4.78, 5) is 25.0. The normalized spacial score (nSPS) is 20.0. The maximum absolute atomic E-state index is 13.3. The number of fused-ring (bicyclic) bond motifs is 1. The molecule has 6 heteroatoms. The molecule has 23 heavy (non-hydrogen) atoms. The first kappa shape index (κ1) is 15.7. The maximum atomic E-state index is 13.3. The molecule has 0 saturated heterocycles. The number of ether oxygens (including phenoxy) is 2. The number of hydrogen-bond donors (Lipinski definition) is 0. The van der Waals surface area contributed by atoms with Gasteiger partial charge in [0.1, 0.15) is 11.7 Å². The number of nitrogens with zero attached hydrogens (tertiary/aromatic N) is 1. The average Bonchev–Trinajstić information content (AvgIpc) is 2.56. The fourth-order valence-corrected chi connectivity index (χ4v) is 3.10. The van der Waals surface area contributed by atoms with Gasteiger partial charge in [0.25, 0.3) is 0 Å². The predicted octanol–water partition coefficient (Wildman–Crippen LogP) is 2.15. The third-order valence-electron chi connectivity index (χ3n) is 4.26. The lowest BCUT2D eigenvalue weighted by atomic mass is 9.94. The topological polar surface area (TPSA) is 57.5 Å². The molecule has 1 aliphatic carbocycles. The highest BCUT2D eigenvalue weighted by atomic mass is 19.1. The van der Waals surface area contributed by atoms with Crippen molar-refractivity contribution in [1.29, 1.82) is 0 Å². The van der Waals surface area contributed by atoms with Crippen LogP contribution in [0.15, 0.2) is 23.0 Å². The minimum atomic E-state index is -1.03. The van der Waals surface area contributed by atoms with E-state index >= 15 is 0 Å². The number of rotatable bonds is 2. The summed E-state index contributed by atoms with van der Waals surface area (Å²) in [6.07, 6.45) is 3.92. The molecule has 0 N–H and O–H groups in total. The van der Waals surface area contributed by atoms with Crippen molar-refractivity contribution in [2.45, 2.75) is 32.7 Å². The van der Waals surface area contributed by atoms with Gasteiger partial charge in [0, 0.05) is 24.2 Å². The van der Waals surface area contributed by atoms with Gasteiger partial charge in [0.2, 0.25) is 5.43 Å². The van der Waals surface area contributed by atoms with E-state index in [1.54, 1.807) is 12.2 Å². The number of hydrogen-bond acceptors (Lipinski definition) is 4. The number of allylic oxidation sites excluding steroid dienone is 4. The Morgan fingerprint density at radius 2 is 2.26 bits per heavy atom. The zero-order chi connectivity index (χ0) is 16.6. The summed E-state index contributed by atoms with van der Waals surface area (Å²) in [5, 5.41) is 0. The van der Waals surface area contributed by atoms with Gasteiger partial charge in [-0.15, -0.1) is 0 Å². The summed E-state index contributed by atoms with van der Waals surface area (Å²) < 4.78 is 25.4. The first-order chi connectivity index (χ1) is 11.0. The van der Waals surface area contributed by atoms with Crippen molar-refractivity contribution in [2.24, 2.45) is 0 Å². The van der Waals surface area contributed by atoms with Crippen molar-refractivity contribution in [3.63, 3.8) is 0 Å². The molecule has 1 unspecified atom stereocenters. The number of pyridine rings is 1. The van der Waals surface area contributed by atoms with Crippen LogP contribution in [0.3, 0.4) is 0 Å². The number of methoxy groups -OCH3 is 1. The minimum Gasteiger partial charge on any atom is -0.465 e. The molecule has 0 spiro atoms. The summed E-state index contributed by atoms with van der Waals surface area (Å²) in [5.74, 6) is -0.672. The number of alkyl halides is 1. The molecule has 1 aromatic rings. The highest BCUT2D eigenvalue weighted by Crippen LogP contribution is 2.26. The number of carbonyl (C=O) groups excluding carboxylic acids is 1. The molecule has 5 nitrogen and oxygen atoms in total. The van der Waals surface area contributed by atoms with Gasteiger partial charge in [0.05, 0.1) is 26.0 Å². The second-order valence-corrected chi connectivity index (χ2v) is 5.58. The van der Waals surface area contributed by atoms with Crippen LogP contribution >= 0.6 is 0 Å². The van der Waals surface area contributed by atoms with Crippen LogP contribution in [0.4, 0.5) is 4.39 Å². The van der Waals surface area contributed by atoms with Gasteiger partial charge in [-0.1, -0.05) is 12.2 Å². The van der Waals surface area contributed by atoms with Crippen molar-refractivity contribution >= 4 is 11.5 Å². The van der Waals surface area contributed by atoms with E-state index in [2.05, 4.69) is 0 Å². The van der Waals surface area contributed by atoms with Crippen molar-refractivity contribution in [1.82, 2.24) is 4.57 Å². The zero-order valence-electron chi connectivity index (χ0n) is 13.1. The fourth-order valence-electron chi connectivity index (χ4n) is 3.10. The van der Waals surface area contributed by atoms with Crippen LogP contribution in [0.2, 0.25) is 0 Å². The SMILES string of the molecule is COC(=O)c1c2n(c(C)c(C3=CCC(F)C=C3)c1=O)CCOC2. The molecule has 0 saturated carbocycles. The number of esters is 1. The van der Waals surface area contributed by atoms with Crippen LogP contribution in [0.5, 0.6) is 0 Å². The first-order valence-electron chi connectivity index (χ1n) is 7.49. The van der Waals surface area contributed by atoms with Crippen LogP contribution < -0.4 is 5.43 Å². The van der Waals surface area contributed by atoms with Crippen LogP contribution in [0.25, 0.3) is 5.57 Å². The standard InChI is InChI=1S/C17H18FNO4/c1-10-14(11-3-5-12(18)6-4-11)16(20)15(17(21)22-2)13-9-23-8-7-19(10)13/h3-5,12H,6-9H2,1-2H3. The van der Waals surface area contributed by atoms with E-state index < -0.39 is 12.1 Å². The van der Waals surface area contributed by atoms with E-state index in [0.717, 1.165) is 5.69 Å². The summed E-state index contributed by atoms with van der Waals surface area (Å²) in [6, 6.07) is 0. The molecule has 2 aliphatic rings. The van der Waals surface area contributed by atoms with Gasteiger partial charge in [-0.2, -0.15) is 0 Å². The molecular formula is C17H18FNO4. The lowest BCUT2D eigenvalue weighted by molar-refractivity contribution is 0.0564. The third-order valence-corrected chi connectivity index (χ3v) is 4.26. The van der Waals surface area contributed by atoms with E-state index in [9.17, 15) is 14.0 Å². The molecule has 3 rings (SSSR count). The molecule has 0 fully saturated rings. The van der Waals surface area contributed by atoms with Gasteiger partial charge in [-0.25, -0.2) is 9.18 Å². The van der Waals surface area contributed by atoms with Crippen LogP contribution in [-0.2, 0) is 22.6 Å². The van der Waals surface area contributed by atoms with Crippen LogP contribution in [0, 0.1) is 6.92 Å². The summed E-state index contributed by atoms with van der Waals surface area (Å²) in [5.41, 5.74) is 1.99. The van der Waals surface area contributed by atoms with Gasteiger partial charge in [-0.3, -0.25) is 4.79 Å². The Labute approximate surface area is 133 Å². The van der Waals surface area contributed by atoms with Crippen molar-refractivity contribution in [3.8, 4) is 0 Å². The molecule has 0 amide bonds. The van der Waals surface area contributed by atoms with E-state index in [1.807, 2.05) is 11.5 Å². The molecular weight excluding hydrogens is 301 g/mol. The van der Waals surface area contributed by atoms with E-state index in [-0.39, 0.29) is 24.0 Å². The second kappa shape index (κ2) is 6.12. The molecule has 1 atom stereocenters. The number of halogens is 1. The van der Waals surface area contributed by atoms with Crippen molar-refractivity contribution < 1.29 is 18.7 Å². The van der Waals surface area contributed by atoms with Gasteiger partial charge in [-0.05, 0) is 18.6 Å². The lowest BCUT2D eigenvalue weighted by Gasteiger charge is -2.26. The van der Waals surface area contributed by atoms with Gasteiger partial charge < -0.3 is 14.0 Å². The van der Waals surface area contributed by atoms with Crippen LogP contribution in [0.1, 0.15) is 33.7 Å². The lowest BCUT2D eigenvalue weighted by Crippen LogP contribution is -2.33. The van der Waals surface area contributed by atoms with Gasteiger partial charge in [0.15, 0.2) is 0 Å². The average molecular weight is 319 g/mol. The highest BCUT2D eigenvalue weighted by Gasteiger charge is 2.28.